The van der Waals surface area contributed by atoms with E-state index in [-0.39, 0.29) is 18.0 Å². The van der Waals surface area contributed by atoms with Crippen LogP contribution in [0.25, 0.3) is 16.8 Å². The van der Waals surface area contributed by atoms with Gasteiger partial charge in [-0.15, -0.1) is 5.10 Å². The maximum atomic E-state index is 11.4. The van der Waals surface area contributed by atoms with Crippen LogP contribution in [0.2, 0.25) is 0 Å². The van der Waals surface area contributed by atoms with Crippen molar-refractivity contribution >= 4 is 23.3 Å². The molecule has 1 aliphatic heterocycles. The Morgan fingerprint density at radius 2 is 2.00 bits per heavy atom. The lowest BCUT2D eigenvalue weighted by Gasteiger charge is -2.28. The van der Waals surface area contributed by atoms with Gasteiger partial charge in [0, 0.05) is 57.3 Å². The number of fused-ring (bicyclic) bond motifs is 1. The fraction of sp³-hybridized carbons (Fsp3) is 0.577. The number of nitrogens with zero attached hydrogens (tertiary/aromatic N) is 6. The second kappa shape index (κ2) is 11.2. The van der Waals surface area contributed by atoms with Crippen LogP contribution in [0.1, 0.15) is 64.1 Å². The van der Waals surface area contributed by atoms with E-state index in [4.69, 9.17) is 14.8 Å². The largest absolute Gasteiger partial charge is 0.463 e. The Morgan fingerprint density at radius 1 is 1.19 bits per heavy atom. The van der Waals surface area contributed by atoms with Gasteiger partial charge in [-0.05, 0) is 44.2 Å². The van der Waals surface area contributed by atoms with E-state index in [0.29, 0.717) is 5.95 Å². The first-order valence-corrected chi connectivity index (χ1v) is 13.2. The van der Waals surface area contributed by atoms with E-state index in [1.165, 1.54) is 6.92 Å². The minimum Gasteiger partial charge on any atom is -0.463 e. The summed E-state index contributed by atoms with van der Waals surface area (Å²) in [7, 11) is 0. The second-order valence-corrected chi connectivity index (χ2v) is 9.70. The van der Waals surface area contributed by atoms with Crippen molar-refractivity contribution < 1.29 is 9.53 Å². The highest BCUT2D eigenvalue weighted by atomic mass is 16.5. The Kier molecular flexibility index (Phi) is 7.60. The van der Waals surface area contributed by atoms with Crippen LogP contribution in [0.3, 0.4) is 0 Å². The molecule has 3 aromatic heterocycles. The molecular weight excluding hydrogens is 456 g/mol. The normalized spacial score (nSPS) is 20.4. The molecule has 36 heavy (non-hydrogen) atoms. The molecule has 2 fully saturated rings. The van der Waals surface area contributed by atoms with Gasteiger partial charge in [0.15, 0.2) is 0 Å². The van der Waals surface area contributed by atoms with E-state index in [2.05, 4.69) is 38.5 Å². The van der Waals surface area contributed by atoms with Gasteiger partial charge >= 0.3 is 5.97 Å². The van der Waals surface area contributed by atoms with Crippen molar-refractivity contribution in [1.29, 1.82) is 0 Å². The Bertz CT molecular complexity index is 1180. The number of ether oxygens (including phenoxy) is 1. The third kappa shape index (κ3) is 5.43. The number of anilines is 2. The summed E-state index contributed by atoms with van der Waals surface area (Å²) in [5.41, 5.74) is 2.79. The van der Waals surface area contributed by atoms with Crippen LogP contribution >= 0.6 is 0 Å². The first-order valence-electron chi connectivity index (χ1n) is 13.2. The van der Waals surface area contributed by atoms with Gasteiger partial charge in [-0.25, -0.2) is 19.5 Å². The SMILES string of the molecule is CCCCNc1ncc2c(-c3ccnc(N4CCNCC4)c3)nc(C3CCC(OC(C)=O)CC3)n2n1. The number of hydrogen-bond acceptors (Lipinski definition) is 9. The summed E-state index contributed by atoms with van der Waals surface area (Å²) in [6.07, 6.45) is 9.39. The maximum absolute atomic E-state index is 11.4. The van der Waals surface area contributed by atoms with Gasteiger partial charge in [0.2, 0.25) is 5.95 Å². The van der Waals surface area contributed by atoms with E-state index >= 15 is 0 Å². The van der Waals surface area contributed by atoms with Crippen LogP contribution in [0.4, 0.5) is 11.8 Å². The van der Waals surface area contributed by atoms with Gasteiger partial charge in [-0.2, -0.15) is 0 Å². The van der Waals surface area contributed by atoms with E-state index in [1.807, 2.05) is 23.0 Å². The van der Waals surface area contributed by atoms with Gasteiger partial charge in [0.25, 0.3) is 0 Å². The number of esters is 1. The third-order valence-electron chi connectivity index (χ3n) is 7.06. The molecule has 4 heterocycles. The van der Waals surface area contributed by atoms with Gasteiger partial charge in [-0.3, -0.25) is 4.79 Å². The average Bonchev–Trinajstić information content (AvgIpc) is 3.28. The number of piperazine rings is 1. The Balaban J connectivity index is 1.48. The average molecular weight is 493 g/mol. The summed E-state index contributed by atoms with van der Waals surface area (Å²) in [5.74, 6) is 2.57. The molecule has 2 N–H and O–H groups in total. The summed E-state index contributed by atoms with van der Waals surface area (Å²) < 4.78 is 7.43. The Hall–Kier alpha value is -3.27. The molecular formula is C26H36N8O2. The number of carbonyl (C=O) groups is 1. The predicted molar refractivity (Wildman–Crippen MR) is 139 cm³/mol. The number of nitrogens with one attached hydrogen (secondary N) is 2. The molecule has 0 aromatic carbocycles. The van der Waals surface area contributed by atoms with Crippen LogP contribution in [0.15, 0.2) is 24.5 Å². The fourth-order valence-electron chi connectivity index (χ4n) is 5.15. The standard InChI is InChI=1S/C26H36N8O2/c1-3-4-10-29-26-30-17-22-24(20-9-11-28-23(16-20)33-14-12-27-13-15-33)31-25(34(22)32-26)19-5-7-21(8-6-19)36-18(2)35/h9,11,16-17,19,21,27H,3-8,10,12-15H2,1-2H3,(H,29,32). The number of imidazole rings is 1. The zero-order valence-electron chi connectivity index (χ0n) is 21.2. The summed E-state index contributed by atoms with van der Waals surface area (Å²) in [6.45, 7) is 8.28. The molecule has 1 saturated heterocycles. The van der Waals surface area contributed by atoms with Crippen LogP contribution in [-0.4, -0.2) is 69.4 Å². The highest BCUT2D eigenvalue weighted by Gasteiger charge is 2.29. The number of aromatic nitrogens is 5. The van der Waals surface area contributed by atoms with E-state index in [0.717, 1.165) is 99.7 Å². The molecule has 0 bridgehead atoms. The molecule has 10 heteroatoms. The lowest BCUT2D eigenvalue weighted by atomic mass is 9.87. The molecule has 1 aliphatic carbocycles. The molecule has 0 amide bonds. The van der Waals surface area contributed by atoms with Gasteiger partial charge in [0.05, 0.1) is 11.9 Å². The Labute approximate surface area is 211 Å². The van der Waals surface area contributed by atoms with Crippen molar-refractivity contribution in [3.63, 3.8) is 0 Å². The molecule has 5 rings (SSSR count). The zero-order chi connectivity index (χ0) is 24.9. The van der Waals surface area contributed by atoms with E-state index < -0.39 is 0 Å². The van der Waals surface area contributed by atoms with Crippen molar-refractivity contribution in [3.8, 4) is 11.3 Å². The van der Waals surface area contributed by atoms with Gasteiger partial charge in [0.1, 0.15) is 23.3 Å². The predicted octanol–water partition coefficient (Wildman–Crippen LogP) is 3.40. The highest BCUT2D eigenvalue weighted by molar-refractivity contribution is 5.78. The molecule has 10 nitrogen and oxygen atoms in total. The topological polar surface area (TPSA) is 110 Å². The first-order chi connectivity index (χ1) is 17.6. The number of unbranched alkanes of at least 4 members (excludes halogenated alkanes) is 1. The molecule has 192 valence electrons. The van der Waals surface area contributed by atoms with Crippen LogP contribution in [-0.2, 0) is 9.53 Å². The maximum Gasteiger partial charge on any atom is 0.302 e. The van der Waals surface area contributed by atoms with Crippen molar-refractivity contribution in [1.82, 2.24) is 29.9 Å². The quantitative estimate of drug-likeness (QED) is 0.361. The van der Waals surface area contributed by atoms with Crippen molar-refractivity contribution in [2.75, 3.05) is 42.9 Å². The summed E-state index contributed by atoms with van der Waals surface area (Å²) in [6, 6.07) is 4.14. The van der Waals surface area contributed by atoms with Gasteiger partial charge < -0.3 is 20.3 Å². The molecule has 0 unspecified atom stereocenters. The second-order valence-electron chi connectivity index (χ2n) is 9.70. The number of carbonyl (C=O) groups excluding carboxylic acids is 1. The smallest absolute Gasteiger partial charge is 0.302 e. The lowest BCUT2D eigenvalue weighted by molar-refractivity contribution is -0.147. The highest BCUT2D eigenvalue weighted by Crippen LogP contribution is 2.36. The molecule has 1 saturated carbocycles. The first kappa shape index (κ1) is 24.4. The molecule has 0 radical (unpaired) electrons. The van der Waals surface area contributed by atoms with Crippen LogP contribution < -0.4 is 15.5 Å². The number of pyridine rings is 1. The summed E-state index contributed by atoms with van der Waals surface area (Å²) >= 11 is 0. The fourth-order valence-corrected chi connectivity index (χ4v) is 5.15. The molecule has 3 aromatic rings. The Morgan fingerprint density at radius 3 is 2.75 bits per heavy atom. The van der Waals surface area contributed by atoms with Crippen LogP contribution in [0.5, 0.6) is 0 Å². The number of rotatable bonds is 8. The summed E-state index contributed by atoms with van der Waals surface area (Å²) in [5, 5.41) is 11.6. The monoisotopic (exact) mass is 492 g/mol. The van der Waals surface area contributed by atoms with Gasteiger partial charge in [-0.1, -0.05) is 13.3 Å². The van der Waals surface area contributed by atoms with Crippen molar-refractivity contribution in [3.05, 3.63) is 30.4 Å². The van der Waals surface area contributed by atoms with E-state index in [1.54, 1.807) is 0 Å². The molecule has 0 spiro atoms. The summed E-state index contributed by atoms with van der Waals surface area (Å²) in [4.78, 5) is 28.1. The van der Waals surface area contributed by atoms with Crippen LogP contribution in [0, 0.1) is 0 Å². The van der Waals surface area contributed by atoms with Crippen molar-refractivity contribution in [2.45, 2.75) is 64.4 Å². The van der Waals surface area contributed by atoms with E-state index in [9.17, 15) is 4.79 Å². The van der Waals surface area contributed by atoms with Crippen molar-refractivity contribution in [2.24, 2.45) is 0 Å². The lowest BCUT2D eigenvalue weighted by Crippen LogP contribution is -2.43. The minimum atomic E-state index is -0.208. The zero-order valence-corrected chi connectivity index (χ0v) is 21.2. The number of hydrogen-bond donors (Lipinski definition) is 2. The molecule has 2 aliphatic rings. The third-order valence-corrected chi connectivity index (χ3v) is 7.06. The minimum absolute atomic E-state index is 0.00728. The molecule has 0 atom stereocenters.